The molecule has 2 N–H and O–H groups in total. The van der Waals surface area contributed by atoms with Crippen molar-refractivity contribution in [2.24, 2.45) is 5.73 Å². The monoisotopic (exact) mass is 333 g/mol. The number of pyridine rings is 1. The molecule has 1 aliphatic rings. The highest BCUT2D eigenvalue weighted by molar-refractivity contribution is 5.66. The van der Waals surface area contributed by atoms with Crippen molar-refractivity contribution >= 4 is 5.82 Å². The number of nitrogens with zero attached hydrogens (tertiary/aromatic N) is 6. The third kappa shape index (κ3) is 3.46. The smallest absolute Gasteiger partial charge is 0.182 e. The molecule has 3 aromatic rings. The van der Waals surface area contributed by atoms with Crippen LogP contribution in [-0.4, -0.2) is 44.1 Å². The number of rotatable bonds is 3. The molecular weight excluding hydrogens is 314 g/mol. The van der Waals surface area contributed by atoms with E-state index in [1.54, 1.807) is 31.0 Å². The molecule has 7 heteroatoms. The van der Waals surface area contributed by atoms with Crippen molar-refractivity contribution in [3.63, 3.8) is 0 Å². The SMILES string of the molecule is NC1CCN(c2cc(-c3ccncc3)nc(-c3cnccn3)n2)CC1. The van der Waals surface area contributed by atoms with E-state index in [4.69, 9.17) is 15.7 Å². The first-order valence-electron chi connectivity index (χ1n) is 8.36. The predicted molar refractivity (Wildman–Crippen MR) is 95.7 cm³/mol. The second kappa shape index (κ2) is 6.90. The van der Waals surface area contributed by atoms with Crippen LogP contribution in [0.25, 0.3) is 22.8 Å². The zero-order valence-corrected chi connectivity index (χ0v) is 13.8. The van der Waals surface area contributed by atoms with Crippen LogP contribution in [0.15, 0.2) is 49.2 Å². The maximum atomic E-state index is 6.03. The molecule has 7 nitrogen and oxygen atoms in total. The molecular formula is C18H19N7. The van der Waals surface area contributed by atoms with E-state index in [9.17, 15) is 0 Å². The summed E-state index contributed by atoms with van der Waals surface area (Å²) in [4.78, 5) is 24.2. The Morgan fingerprint density at radius 1 is 0.920 bits per heavy atom. The van der Waals surface area contributed by atoms with Crippen molar-refractivity contribution in [3.05, 3.63) is 49.2 Å². The van der Waals surface area contributed by atoms with Crippen molar-refractivity contribution in [1.29, 1.82) is 0 Å². The largest absolute Gasteiger partial charge is 0.356 e. The summed E-state index contributed by atoms with van der Waals surface area (Å²) in [5.41, 5.74) is 8.54. The lowest BCUT2D eigenvalue weighted by Gasteiger charge is -2.31. The van der Waals surface area contributed by atoms with Crippen LogP contribution < -0.4 is 10.6 Å². The van der Waals surface area contributed by atoms with Gasteiger partial charge in [-0.3, -0.25) is 9.97 Å². The lowest BCUT2D eigenvalue weighted by Crippen LogP contribution is -2.40. The van der Waals surface area contributed by atoms with Gasteiger partial charge in [0.1, 0.15) is 11.5 Å². The van der Waals surface area contributed by atoms with Gasteiger partial charge in [-0.25, -0.2) is 15.0 Å². The third-order valence-electron chi connectivity index (χ3n) is 4.34. The topological polar surface area (TPSA) is 93.7 Å². The fraction of sp³-hybridized carbons (Fsp3) is 0.278. The molecule has 4 heterocycles. The Balaban J connectivity index is 1.78. The fourth-order valence-corrected chi connectivity index (χ4v) is 2.92. The molecule has 4 rings (SSSR count). The van der Waals surface area contributed by atoms with Crippen molar-refractivity contribution in [2.75, 3.05) is 18.0 Å². The van der Waals surface area contributed by atoms with Gasteiger partial charge in [0.2, 0.25) is 0 Å². The minimum absolute atomic E-state index is 0.275. The van der Waals surface area contributed by atoms with E-state index < -0.39 is 0 Å². The van der Waals surface area contributed by atoms with Gasteiger partial charge < -0.3 is 10.6 Å². The number of aromatic nitrogens is 5. The molecule has 1 saturated heterocycles. The van der Waals surface area contributed by atoms with Crippen LogP contribution in [0.1, 0.15) is 12.8 Å². The van der Waals surface area contributed by atoms with Crippen LogP contribution in [0.5, 0.6) is 0 Å². The van der Waals surface area contributed by atoms with E-state index in [1.807, 2.05) is 18.2 Å². The van der Waals surface area contributed by atoms with E-state index in [0.717, 1.165) is 43.0 Å². The summed E-state index contributed by atoms with van der Waals surface area (Å²) in [7, 11) is 0. The summed E-state index contributed by atoms with van der Waals surface area (Å²) in [6, 6.07) is 6.18. The second-order valence-electron chi connectivity index (χ2n) is 6.09. The highest BCUT2D eigenvalue weighted by Gasteiger charge is 2.19. The number of piperidine rings is 1. The van der Waals surface area contributed by atoms with Crippen molar-refractivity contribution in [1.82, 2.24) is 24.9 Å². The van der Waals surface area contributed by atoms with Crippen LogP contribution in [-0.2, 0) is 0 Å². The van der Waals surface area contributed by atoms with Gasteiger partial charge in [0.25, 0.3) is 0 Å². The van der Waals surface area contributed by atoms with Crippen LogP contribution in [0.3, 0.4) is 0 Å². The van der Waals surface area contributed by atoms with Crippen LogP contribution >= 0.6 is 0 Å². The standard InChI is InChI=1S/C18H19N7/c19-14-3-9-25(10-4-14)17-11-15(13-1-5-20-6-2-13)23-18(24-17)16-12-21-7-8-22-16/h1-2,5-8,11-12,14H,3-4,9-10,19H2. The minimum Gasteiger partial charge on any atom is -0.356 e. The number of hydrogen-bond acceptors (Lipinski definition) is 7. The van der Waals surface area contributed by atoms with Crippen LogP contribution in [0.2, 0.25) is 0 Å². The van der Waals surface area contributed by atoms with Gasteiger partial charge in [-0.15, -0.1) is 0 Å². The summed E-state index contributed by atoms with van der Waals surface area (Å²) in [6.07, 6.45) is 10.4. The first-order valence-corrected chi connectivity index (χ1v) is 8.36. The maximum absolute atomic E-state index is 6.03. The van der Waals surface area contributed by atoms with Gasteiger partial charge in [0.15, 0.2) is 5.82 Å². The average Bonchev–Trinajstić information content (AvgIpc) is 2.69. The zero-order chi connectivity index (χ0) is 17.1. The number of nitrogens with two attached hydrogens (primary N) is 1. The summed E-state index contributed by atoms with van der Waals surface area (Å²) < 4.78 is 0. The summed E-state index contributed by atoms with van der Waals surface area (Å²) in [5.74, 6) is 1.47. The summed E-state index contributed by atoms with van der Waals surface area (Å²) >= 11 is 0. The molecule has 0 aliphatic carbocycles. The maximum Gasteiger partial charge on any atom is 0.182 e. The molecule has 1 aliphatic heterocycles. The summed E-state index contributed by atoms with van der Waals surface area (Å²) in [5, 5.41) is 0. The number of anilines is 1. The quantitative estimate of drug-likeness (QED) is 0.782. The first kappa shape index (κ1) is 15.6. The van der Waals surface area contributed by atoms with E-state index in [1.165, 1.54) is 0 Å². The van der Waals surface area contributed by atoms with Crippen molar-refractivity contribution in [3.8, 4) is 22.8 Å². The Labute approximate surface area is 146 Å². The molecule has 0 amide bonds. The van der Waals surface area contributed by atoms with Gasteiger partial charge in [-0.1, -0.05) is 0 Å². The lowest BCUT2D eigenvalue weighted by atomic mass is 10.1. The highest BCUT2D eigenvalue weighted by Crippen LogP contribution is 2.26. The first-order chi connectivity index (χ1) is 12.3. The van der Waals surface area contributed by atoms with Gasteiger partial charge in [-0.2, -0.15) is 0 Å². The van der Waals surface area contributed by atoms with Crippen LogP contribution in [0.4, 0.5) is 5.82 Å². The average molecular weight is 333 g/mol. The van der Waals surface area contributed by atoms with E-state index >= 15 is 0 Å². The van der Waals surface area contributed by atoms with Gasteiger partial charge >= 0.3 is 0 Å². The molecule has 25 heavy (non-hydrogen) atoms. The molecule has 0 spiro atoms. The molecule has 3 aromatic heterocycles. The van der Waals surface area contributed by atoms with Gasteiger partial charge in [0.05, 0.1) is 11.9 Å². The molecule has 0 unspecified atom stereocenters. The molecule has 0 saturated carbocycles. The Bertz CT molecular complexity index is 773. The van der Waals surface area contributed by atoms with E-state index in [2.05, 4.69) is 19.9 Å². The van der Waals surface area contributed by atoms with Crippen molar-refractivity contribution in [2.45, 2.75) is 18.9 Å². The number of hydrogen-bond donors (Lipinski definition) is 1. The fourth-order valence-electron chi connectivity index (χ4n) is 2.92. The Morgan fingerprint density at radius 3 is 2.44 bits per heavy atom. The summed E-state index contributed by atoms with van der Waals surface area (Å²) in [6.45, 7) is 1.79. The molecule has 0 radical (unpaired) electrons. The van der Waals surface area contributed by atoms with Crippen LogP contribution in [0, 0.1) is 0 Å². The second-order valence-corrected chi connectivity index (χ2v) is 6.09. The van der Waals surface area contributed by atoms with E-state index in [0.29, 0.717) is 11.5 Å². The molecule has 1 fully saturated rings. The molecule has 0 bridgehead atoms. The van der Waals surface area contributed by atoms with Gasteiger partial charge in [0, 0.05) is 55.5 Å². The Morgan fingerprint density at radius 2 is 1.72 bits per heavy atom. The normalized spacial score (nSPS) is 15.3. The Kier molecular flexibility index (Phi) is 4.30. The third-order valence-corrected chi connectivity index (χ3v) is 4.34. The molecule has 0 atom stereocenters. The zero-order valence-electron chi connectivity index (χ0n) is 13.8. The predicted octanol–water partition coefficient (Wildman–Crippen LogP) is 1.92. The molecule has 126 valence electrons. The lowest BCUT2D eigenvalue weighted by molar-refractivity contribution is 0.498. The highest BCUT2D eigenvalue weighted by atomic mass is 15.2. The Hall–Kier alpha value is -2.93. The molecule has 0 aromatic carbocycles. The van der Waals surface area contributed by atoms with Crippen molar-refractivity contribution < 1.29 is 0 Å². The minimum atomic E-state index is 0.275. The van der Waals surface area contributed by atoms with E-state index in [-0.39, 0.29) is 6.04 Å². The van der Waals surface area contributed by atoms with Gasteiger partial charge in [-0.05, 0) is 25.0 Å².